The van der Waals surface area contributed by atoms with Gasteiger partial charge < -0.3 is 15.4 Å². The minimum atomic E-state index is 0.106. The molecule has 4 nitrogen and oxygen atoms in total. The van der Waals surface area contributed by atoms with Crippen molar-refractivity contribution < 1.29 is 5.11 Å². The molecule has 0 fully saturated rings. The third-order valence-electron chi connectivity index (χ3n) is 3.11. The molecule has 2 aromatic carbocycles. The van der Waals surface area contributed by atoms with Crippen LogP contribution in [-0.2, 0) is 7.05 Å². The van der Waals surface area contributed by atoms with Crippen LogP contribution in [0, 0.1) is 0 Å². The number of aryl methyl sites for hydroxylation is 1. The highest BCUT2D eigenvalue weighted by atomic mass is 35.5. The van der Waals surface area contributed by atoms with E-state index in [0.29, 0.717) is 22.1 Å². The van der Waals surface area contributed by atoms with Gasteiger partial charge in [-0.3, -0.25) is 0 Å². The molecule has 0 unspecified atom stereocenters. The topological polar surface area (TPSA) is 64.1 Å². The van der Waals surface area contributed by atoms with E-state index >= 15 is 0 Å². The van der Waals surface area contributed by atoms with Crippen LogP contribution in [-0.4, -0.2) is 14.7 Å². The maximum absolute atomic E-state index is 10.00. The van der Waals surface area contributed by atoms with E-state index in [1.807, 2.05) is 29.8 Å². The molecule has 0 saturated carbocycles. The lowest BCUT2D eigenvalue weighted by Crippen LogP contribution is -1.94. The Morgan fingerprint density at radius 2 is 2.05 bits per heavy atom. The third-order valence-corrected chi connectivity index (χ3v) is 3.41. The van der Waals surface area contributed by atoms with Crippen LogP contribution in [0.1, 0.15) is 0 Å². The van der Waals surface area contributed by atoms with Gasteiger partial charge in [0.05, 0.1) is 21.6 Å². The number of para-hydroxylation sites is 1. The summed E-state index contributed by atoms with van der Waals surface area (Å²) in [5, 5.41) is 10.6. The standard InChI is InChI=1S/C14H12ClN3O/c1-18-13-10(15)3-2-4-11(13)17-14(18)9-6-5-8(16)7-12(9)19/h2-7,19H,16H2,1H3. The van der Waals surface area contributed by atoms with Gasteiger partial charge in [-0.05, 0) is 24.3 Å². The van der Waals surface area contributed by atoms with Gasteiger partial charge in [0.1, 0.15) is 11.6 Å². The van der Waals surface area contributed by atoms with Crippen molar-refractivity contribution in [1.82, 2.24) is 9.55 Å². The number of nitrogen functional groups attached to an aromatic ring is 1. The van der Waals surface area contributed by atoms with Crippen molar-refractivity contribution in [2.24, 2.45) is 7.05 Å². The van der Waals surface area contributed by atoms with Crippen molar-refractivity contribution in [3.63, 3.8) is 0 Å². The van der Waals surface area contributed by atoms with Crippen LogP contribution < -0.4 is 5.73 Å². The number of benzene rings is 2. The van der Waals surface area contributed by atoms with Gasteiger partial charge in [-0.1, -0.05) is 17.7 Å². The molecule has 0 bridgehead atoms. The van der Waals surface area contributed by atoms with Gasteiger partial charge in [0, 0.05) is 18.8 Å². The summed E-state index contributed by atoms with van der Waals surface area (Å²) in [6.07, 6.45) is 0. The second-order valence-electron chi connectivity index (χ2n) is 4.38. The number of nitrogens with two attached hydrogens (primary N) is 1. The average Bonchev–Trinajstić information content (AvgIpc) is 2.68. The monoisotopic (exact) mass is 273 g/mol. The highest BCUT2D eigenvalue weighted by molar-refractivity contribution is 6.35. The first-order valence-corrected chi connectivity index (χ1v) is 6.15. The average molecular weight is 274 g/mol. The van der Waals surface area contributed by atoms with E-state index in [-0.39, 0.29) is 5.75 Å². The van der Waals surface area contributed by atoms with Crippen molar-refractivity contribution in [3.8, 4) is 17.1 Å². The number of fused-ring (bicyclic) bond motifs is 1. The molecule has 0 amide bonds. The van der Waals surface area contributed by atoms with Gasteiger partial charge in [-0.15, -0.1) is 0 Å². The van der Waals surface area contributed by atoms with E-state index in [9.17, 15) is 5.11 Å². The number of phenols is 1. The fourth-order valence-corrected chi connectivity index (χ4v) is 2.50. The number of halogens is 1. The van der Waals surface area contributed by atoms with Gasteiger partial charge in [-0.25, -0.2) is 4.98 Å². The summed E-state index contributed by atoms with van der Waals surface area (Å²) in [6.45, 7) is 0. The van der Waals surface area contributed by atoms with Crippen molar-refractivity contribution in [2.75, 3.05) is 5.73 Å². The molecule has 0 aliphatic heterocycles. The van der Waals surface area contributed by atoms with Crippen LogP contribution in [0.25, 0.3) is 22.4 Å². The first kappa shape index (κ1) is 11.9. The highest BCUT2D eigenvalue weighted by Crippen LogP contribution is 2.33. The van der Waals surface area contributed by atoms with Crippen LogP contribution >= 0.6 is 11.6 Å². The molecule has 1 aromatic heterocycles. The number of phenolic OH excluding ortho intramolecular Hbond substituents is 1. The summed E-state index contributed by atoms with van der Waals surface area (Å²) in [5.74, 6) is 0.759. The lowest BCUT2D eigenvalue weighted by molar-refractivity contribution is 0.477. The normalized spacial score (nSPS) is 11.1. The summed E-state index contributed by atoms with van der Waals surface area (Å²) in [4.78, 5) is 4.51. The Kier molecular flexibility index (Phi) is 2.61. The summed E-state index contributed by atoms with van der Waals surface area (Å²) in [6, 6.07) is 10.5. The number of hydrogen-bond donors (Lipinski definition) is 2. The molecule has 0 atom stereocenters. The summed E-state index contributed by atoms with van der Waals surface area (Å²) in [7, 11) is 1.87. The zero-order valence-corrected chi connectivity index (χ0v) is 11.0. The number of nitrogens with zero attached hydrogens (tertiary/aromatic N) is 2. The fraction of sp³-hybridized carbons (Fsp3) is 0.0714. The number of imidazole rings is 1. The van der Waals surface area contributed by atoms with Crippen molar-refractivity contribution in [1.29, 1.82) is 0 Å². The van der Waals surface area contributed by atoms with Crippen molar-refractivity contribution >= 4 is 28.3 Å². The Balaban J connectivity index is 2.31. The molecule has 0 aliphatic rings. The first-order chi connectivity index (χ1) is 9.08. The van der Waals surface area contributed by atoms with E-state index in [1.54, 1.807) is 12.1 Å². The molecule has 1 heterocycles. The minimum absolute atomic E-state index is 0.106. The lowest BCUT2D eigenvalue weighted by Gasteiger charge is -2.06. The Labute approximate surface area is 115 Å². The minimum Gasteiger partial charge on any atom is -0.507 e. The SMILES string of the molecule is Cn1c(-c2ccc(N)cc2O)nc2cccc(Cl)c21. The Bertz CT molecular complexity index is 780. The maximum atomic E-state index is 10.00. The molecule has 3 N–H and O–H groups in total. The van der Waals surface area contributed by atoms with Gasteiger partial charge in [-0.2, -0.15) is 0 Å². The number of hydrogen-bond acceptors (Lipinski definition) is 3. The molecule has 19 heavy (non-hydrogen) atoms. The summed E-state index contributed by atoms with van der Waals surface area (Å²) >= 11 is 6.18. The van der Waals surface area contributed by atoms with Gasteiger partial charge in [0.15, 0.2) is 0 Å². The van der Waals surface area contributed by atoms with Gasteiger partial charge in [0.2, 0.25) is 0 Å². The predicted octanol–water partition coefficient (Wildman–Crippen LogP) is 3.18. The number of aromatic nitrogens is 2. The molecule has 0 radical (unpaired) electrons. The molecule has 5 heteroatoms. The third kappa shape index (κ3) is 1.81. The van der Waals surface area contributed by atoms with Crippen molar-refractivity contribution in [2.45, 2.75) is 0 Å². The molecule has 0 saturated heterocycles. The summed E-state index contributed by atoms with van der Waals surface area (Å²) in [5.41, 5.74) is 8.41. The lowest BCUT2D eigenvalue weighted by atomic mass is 10.1. The first-order valence-electron chi connectivity index (χ1n) is 5.77. The second-order valence-corrected chi connectivity index (χ2v) is 4.79. The van der Waals surface area contributed by atoms with Gasteiger partial charge in [0.25, 0.3) is 0 Å². The van der Waals surface area contributed by atoms with Crippen LogP contribution in [0.2, 0.25) is 5.02 Å². The number of aromatic hydroxyl groups is 1. The van der Waals surface area contributed by atoms with Gasteiger partial charge >= 0.3 is 0 Å². The zero-order chi connectivity index (χ0) is 13.6. The van der Waals surface area contributed by atoms with E-state index < -0.39 is 0 Å². The molecule has 96 valence electrons. The Hall–Kier alpha value is -2.20. The van der Waals surface area contributed by atoms with E-state index in [1.165, 1.54) is 6.07 Å². The van der Waals surface area contributed by atoms with Crippen LogP contribution in [0.4, 0.5) is 5.69 Å². The van der Waals surface area contributed by atoms with Crippen molar-refractivity contribution in [3.05, 3.63) is 41.4 Å². The van der Waals surface area contributed by atoms with Crippen LogP contribution in [0.5, 0.6) is 5.75 Å². The molecule has 3 aromatic rings. The molecule has 3 rings (SSSR count). The molecular weight excluding hydrogens is 262 g/mol. The maximum Gasteiger partial charge on any atom is 0.144 e. The largest absolute Gasteiger partial charge is 0.507 e. The van der Waals surface area contributed by atoms with Crippen LogP contribution in [0.15, 0.2) is 36.4 Å². The van der Waals surface area contributed by atoms with E-state index in [4.69, 9.17) is 17.3 Å². The highest BCUT2D eigenvalue weighted by Gasteiger charge is 2.14. The molecular formula is C14H12ClN3O. The number of anilines is 1. The zero-order valence-electron chi connectivity index (χ0n) is 10.3. The number of rotatable bonds is 1. The predicted molar refractivity (Wildman–Crippen MR) is 77.2 cm³/mol. The van der Waals surface area contributed by atoms with E-state index in [2.05, 4.69) is 4.98 Å². The smallest absolute Gasteiger partial charge is 0.144 e. The molecule has 0 spiro atoms. The summed E-state index contributed by atoms with van der Waals surface area (Å²) < 4.78 is 1.86. The Morgan fingerprint density at radius 3 is 2.74 bits per heavy atom. The molecule has 0 aliphatic carbocycles. The van der Waals surface area contributed by atoms with E-state index in [0.717, 1.165) is 11.0 Å². The Morgan fingerprint density at radius 1 is 1.26 bits per heavy atom. The van der Waals surface area contributed by atoms with Crippen LogP contribution in [0.3, 0.4) is 0 Å². The fourth-order valence-electron chi connectivity index (χ4n) is 2.20. The quantitative estimate of drug-likeness (QED) is 0.669. The second kappa shape index (κ2) is 4.17.